The van der Waals surface area contributed by atoms with Gasteiger partial charge in [0.2, 0.25) is 0 Å². The van der Waals surface area contributed by atoms with Crippen molar-refractivity contribution in [1.82, 2.24) is 0 Å². The predicted molar refractivity (Wildman–Crippen MR) is 298 cm³/mol. The van der Waals surface area contributed by atoms with Gasteiger partial charge < -0.3 is 23.8 Å². The van der Waals surface area contributed by atoms with E-state index in [-0.39, 0.29) is 36.2 Å². The van der Waals surface area contributed by atoms with Crippen LogP contribution in [0.1, 0.15) is 213 Å². The number of carbonyl (C=O) groups excluding carboxylic acids is 2. The van der Waals surface area contributed by atoms with Crippen LogP contribution in [-0.4, -0.2) is 80.6 Å². The molecule has 70 heavy (non-hydrogen) atoms. The van der Waals surface area contributed by atoms with Crippen molar-refractivity contribution in [2.75, 3.05) is 41.0 Å². The van der Waals surface area contributed by atoms with E-state index >= 15 is 0 Å². The van der Waals surface area contributed by atoms with Gasteiger partial charge in [0.1, 0.15) is 6.61 Å². The second-order valence-corrected chi connectivity index (χ2v) is 19.4. The number of unbranched alkanes of at least 4 members (excludes halogenated alkanes) is 17. The topological polar surface area (TPSA) is 99.1 Å². The molecule has 0 fully saturated rings. The van der Waals surface area contributed by atoms with Crippen LogP contribution < -0.4 is 0 Å². The van der Waals surface area contributed by atoms with Gasteiger partial charge in [0.25, 0.3) is 0 Å². The number of carboxylic acids is 1. The van der Waals surface area contributed by atoms with Gasteiger partial charge in [-0.3, -0.25) is 9.59 Å². The maximum Gasteiger partial charge on any atom is 0.362 e. The summed E-state index contributed by atoms with van der Waals surface area (Å²) < 4.78 is 17.4. The third-order valence-corrected chi connectivity index (χ3v) is 11.9. The first kappa shape index (κ1) is 66.0. The maximum atomic E-state index is 12.8. The van der Waals surface area contributed by atoms with Gasteiger partial charge in [-0.05, 0) is 96.3 Å². The number of hydrogen-bond donors (Lipinski definition) is 1. The van der Waals surface area contributed by atoms with Crippen LogP contribution in [0.3, 0.4) is 0 Å². The van der Waals surface area contributed by atoms with Crippen molar-refractivity contribution in [1.29, 1.82) is 0 Å². The molecule has 2 unspecified atom stereocenters. The van der Waals surface area contributed by atoms with Crippen LogP contribution >= 0.6 is 0 Å². The Morgan fingerprint density at radius 2 is 0.757 bits per heavy atom. The minimum absolute atomic E-state index is 0.0496. The zero-order valence-corrected chi connectivity index (χ0v) is 45.4. The fourth-order valence-electron chi connectivity index (χ4n) is 7.70. The molecule has 0 aromatic heterocycles. The van der Waals surface area contributed by atoms with Gasteiger partial charge in [-0.15, -0.1) is 0 Å². The maximum absolute atomic E-state index is 12.8. The first-order valence-electron chi connectivity index (χ1n) is 27.9. The Balaban J connectivity index is 4.24. The number of likely N-dealkylation sites (N-methyl/N-ethyl adjacent to an activating group) is 1. The number of aliphatic carboxylic acids is 1. The van der Waals surface area contributed by atoms with Crippen LogP contribution in [-0.2, 0) is 28.6 Å². The summed E-state index contributed by atoms with van der Waals surface area (Å²) in [5, 5.41) is 9.68. The molecule has 398 valence electrons. The van der Waals surface area contributed by atoms with E-state index in [0.29, 0.717) is 19.3 Å². The molecule has 0 spiro atoms. The highest BCUT2D eigenvalue weighted by molar-refractivity contribution is 5.72. The zero-order valence-electron chi connectivity index (χ0n) is 45.4. The summed E-state index contributed by atoms with van der Waals surface area (Å²) in [6.45, 7) is 4.50. The van der Waals surface area contributed by atoms with Crippen LogP contribution in [0.4, 0.5) is 0 Å². The molecule has 0 bridgehead atoms. The average Bonchev–Trinajstić information content (AvgIpc) is 3.33. The summed E-state index contributed by atoms with van der Waals surface area (Å²) in [7, 11) is 5.53. The minimum atomic E-state index is -0.880. The third kappa shape index (κ3) is 49.0. The van der Waals surface area contributed by atoms with Crippen molar-refractivity contribution in [3.63, 3.8) is 0 Å². The van der Waals surface area contributed by atoms with Crippen LogP contribution in [0.15, 0.2) is 109 Å². The Morgan fingerprint density at radius 1 is 0.429 bits per heavy atom. The molecule has 2 atom stereocenters. The van der Waals surface area contributed by atoms with Gasteiger partial charge in [0.15, 0.2) is 12.1 Å². The Morgan fingerprint density at radius 3 is 1.11 bits per heavy atom. The van der Waals surface area contributed by atoms with Crippen LogP contribution in [0.2, 0.25) is 0 Å². The van der Waals surface area contributed by atoms with Crippen LogP contribution in [0.5, 0.6) is 0 Å². The monoisotopic (exact) mass is 975 g/mol. The summed E-state index contributed by atoms with van der Waals surface area (Å²) in [6, 6.07) is -0.625. The van der Waals surface area contributed by atoms with Crippen molar-refractivity contribution in [3.05, 3.63) is 109 Å². The number of ether oxygens (including phenoxy) is 3. The van der Waals surface area contributed by atoms with E-state index in [1.807, 2.05) is 21.1 Å². The van der Waals surface area contributed by atoms with Gasteiger partial charge in [-0.2, -0.15) is 0 Å². The average molecular weight is 976 g/mol. The Hall–Kier alpha value is -4.01. The number of nitrogens with zero attached hydrogens (tertiary/aromatic N) is 1. The second-order valence-electron chi connectivity index (χ2n) is 19.4. The Labute approximate surface area is 429 Å². The number of rotatable bonds is 49. The molecule has 0 rings (SSSR count). The van der Waals surface area contributed by atoms with Gasteiger partial charge in [0.05, 0.1) is 34.4 Å². The fourth-order valence-corrected chi connectivity index (χ4v) is 7.70. The summed E-state index contributed by atoms with van der Waals surface area (Å²) in [5.41, 5.74) is 0. The smallest absolute Gasteiger partial charge is 0.362 e. The largest absolute Gasteiger partial charge is 0.477 e. The highest BCUT2D eigenvalue weighted by Gasteiger charge is 2.31. The molecule has 8 nitrogen and oxygen atoms in total. The molecule has 0 saturated heterocycles. The van der Waals surface area contributed by atoms with E-state index in [4.69, 9.17) is 14.2 Å². The standard InChI is InChI=1S/C62H103NO7/c1-6-8-10-12-14-16-18-20-22-24-26-28-30-32-34-36-38-40-42-44-46-48-50-52-60(64)69-57-58(56-68-55-54-59(62(66)67)63(3,4)5)70-61(65)53-51-49-47-45-43-41-39-37-35-33-31-29-27-25-23-21-19-17-15-13-11-9-7-2/h8-11,14-17,20-23,26-29,32,34,58-59H,6-7,12-13,18-19,24-25,30-31,33,35-57H2,1-5H3/p+1/b10-8+,11-9+,16-14+,17-15+,22-20+,23-21+,28-26+,29-27+,34-32+. The lowest BCUT2D eigenvalue weighted by atomic mass is 10.0. The summed E-state index contributed by atoms with van der Waals surface area (Å²) in [6.07, 6.45) is 71.4. The van der Waals surface area contributed by atoms with Crippen molar-refractivity contribution in [2.45, 2.75) is 225 Å². The normalized spacial score (nSPS) is 13.7. The number of carboxylic acid groups (broad SMARTS) is 1. The van der Waals surface area contributed by atoms with Gasteiger partial charge in [-0.1, -0.05) is 207 Å². The van der Waals surface area contributed by atoms with E-state index < -0.39 is 18.1 Å². The molecule has 0 aromatic rings. The minimum Gasteiger partial charge on any atom is -0.477 e. The molecular formula is C62H104NO7+. The molecule has 0 aliphatic heterocycles. The molecule has 8 heteroatoms. The number of carbonyl (C=O) groups is 3. The highest BCUT2D eigenvalue weighted by atomic mass is 16.6. The molecule has 0 saturated carbocycles. The number of esters is 2. The molecule has 0 heterocycles. The number of allylic oxidation sites excluding steroid dienone is 18. The van der Waals surface area contributed by atoms with Crippen molar-refractivity contribution in [3.8, 4) is 0 Å². The third-order valence-electron chi connectivity index (χ3n) is 11.9. The van der Waals surface area contributed by atoms with E-state index in [2.05, 4.69) is 123 Å². The number of hydrogen-bond acceptors (Lipinski definition) is 6. The second kappa shape index (κ2) is 51.3. The van der Waals surface area contributed by atoms with E-state index in [0.717, 1.165) is 109 Å². The predicted octanol–water partition coefficient (Wildman–Crippen LogP) is 16.8. The molecule has 0 radical (unpaired) electrons. The molecule has 0 aliphatic carbocycles. The van der Waals surface area contributed by atoms with Gasteiger partial charge in [0, 0.05) is 19.3 Å². The van der Waals surface area contributed by atoms with Crippen molar-refractivity contribution < 1.29 is 38.2 Å². The molecule has 1 N–H and O–H groups in total. The molecule has 0 aromatic carbocycles. The zero-order chi connectivity index (χ0) is 51.3. The fraction of sp³-hybridized carbons (Fsp3) is 0.661. The lowest BCUT2D eigenvalue weighted by molar-refractivity contribution is -0.887. The molecule has 0 amide bonds. The van der Waals surface area contributed by atoms with Crippen LogP contribution in [0, 0.1) is 0 Å². The lowest BCUT2D eigenvalue weighted by Gasteiger charge is -2.31. The summed E-state index contributed by atoms with van der Waals surface area (Å²) >= 11 is 0. The van der Waals surface area contributed by atoms with Gasteiger partial charge in [-0.25, -0.2) is 4.79 Å². The van der Waals surface area contributed by atoms with E-state index in [9.17, 15) is 19.5 Å². The molecule has 0 aliphatic rings. The van der Waals surface area contributed by atoms with Gasteiger partial charge >= 0.3 is 17.9 Å². The number of quaternary nitrogens is 1. The van der Waals surface area contributed by atoms with E-state index in [1.54, 1.807) is 0 Å². The van der Waals surface area contributed by atoms with E-state index in [1.165, 1.54) is 70.6 Å². The van der Waals surface area contributed by atoms with Crippen molar-refractivity contribution in [2.24, 2.45) is 0 Å². The SMILES string of the molecule is CC/C=C/C/C=C/C/C=C/C/C=C/C/C=C/CCCCCCCCCC(=O)OCC(COCCC(C(=O)O)[N+](C)(C)C)OC(=O)CCCCCCCCCCCC/C=C/C/C=C/C/C=C/C/C=C/CC. The molecular weight excluding hydrogens is 871 g/mol. The first-order valence-corrected chi connectivity index (χ1v) is 27.9. The Bertz CT molecular complexity index is 1510. The first-order chi connectivity index (χ1) is 34.1. The van der Waals surface area contributed by atoms with Crippen molar-refractivity contribution >= 4 is 17.9 Å². The highest BCUT2D eigenvalue weighted by Crippen LogP contribution is 2.15. The lowest BCUT2D eigenvalue weighted by Crippen LogP contribution is -2.50. The quantitative estimate of drug-likeness (QED) is 0.0281. The van der Waals surface area contributed by atoms with Crippen LogP contribution in [0.25, 0.3) is 0 Å². The summed E-state index contributed by atoms with van der Waals surface area (Å²) in [5.74, 6) is -1.49. The Kier molecular flexibility index (Phi) is 48.4. The summed E-state index contributed by atoms with van der Waals surface area (Å²) in [4.78, 5) is 37.3.